The fraction of sp³-hybridized carbons (Fsp3) is 0.727. The SMILES string of the molecule is CCn1nc(C)c(Cl)c1CC(O)CN(C)C. The van der Waals surface area contributed by atoms with Gasteiger partial charge in [-0.3, -0.25) is 4.68 Å². The third-order valence-electron chi connectivity index (χ3n) is 2.46. The van der Waals surface area contributed by atoms with E-state index in [-0.39, 0.29) is 0 Å². The van der Waals surface area contributed by atoms with Crippen LogP contribution < -0.4 is 0 Å². The molecule has 1 heterocycles. The van der Waals surface area contributed by atoms with Gasteiger partial charge in [-0.25, -0.2) is 0 Å². The zero-order valence-electron chi connectivity index (χ0n) is 10.4. The summed E-state index contributed by atoms with van der Waals surface area (Å²) in [6.45, 7) is 5.31. The molecule has 0 saturated heterocycles. The summed E-state index contributed by atoms with van der Waals surface area (Å²) in [6.07, 6.45) is 0.139. The van der Waals surface area contributed by atoms with E-state index in [2.05, 4.69) is 5.10 Å². The van der Waals surface area contributed by atoms with Crippen LogP contribution in [0.1, 0.15) is 18.3 Å². The number of halogens is 1. The molecule has 1 aromatic heterocycles. The second-order valence-electron chi connectivity index (χ2n) is 4.28. The largest absolute Gasteiger partial charge is 0.391 e. The molecule has 1 unspecified atom stereocenters. The summed E-state index contributed by atoms with van der Waals surface area (Å²) in [5.41, 5.74) is 1.76. The van der Waals surface area contributed by atoms with Crippen molar-refractivity contribution < 1.29 is 5.11 Å². The van der Waals surface area contributed by atoms with E-state index in [4.69, 9.17) is 11.6 Å². The molecule has 16 heavy (non-hydrogen) atoms. The van der Waals surface area contributed by atoms with E-state index in [1.165, 1.54) is 0 Å². The van der Waals surface area contributed by atoms with Gasteiger partial charge in [-0.1, -0.05) is 11.6 Å². The summed E-state index contributed by atoms with van der Waals surface area (Å²) in [6, 6.07) is 0. The van der Waals surface area contributed by atoms with Crippen LogP contribution in [0.3, 0.4) is 0 Å². The maximum absolute atomic E-state index is 9.89. The molecule has 0 aliphatic heterocycles. The van der Waals surface area contributed by atoms with Crippen LogP contribution in [0.25, 0.3) is 0 Å². The smallest absolute Gasteiger partial charge is 0.0848 e. The number of aromatic nitrogens is 2. The molecule has 0 fully saturated rings. The number of hydrogen-bond acceptors (Lipinski definition) is 3. The molecule has 1 N–H and O–H groups in total. The third kappa shape index (κ3) is 3.20. The summed E-state index contributed by atoms with van der Waals surface area (Å²) in [7, 11) is 3.88. The second-order valence-corrected chi connectivity index (χ2v) is 4.66. The van der Waals surface area contributed by atoms with Crippen molar-refractivity contribution in [1.82, 2.24) is 14.7 Å². The first-order chi connectivity index (χ1) is 7.45. The first kappa shape index (κ1) is 13.5. The molecule has 1 rings (SSSR count). The van der Waals surface area contributed by atoms with Crippen molar-refractivity contribution >= 4 is 11.6 Å². The molecule has 1 aromatic rings. The van der Waals surface area contributed by atoms with Gasteiger partial charge in [0.1, 0.15) is 0 Å². The number of hydrogen-bond donors (Lipinski definition) is 1. The molecule has 0 aromatic carbocycles. The Morgan fingerprint density at radius 3 is 2.62 bits per heavy atom. The van der Waals surface area contributed by atoms with Crippen molar-refractivity contribution in [2.75, 3.05) is 20.6 Å². The first-order valence-corrected chi connectivity index (χ1v) is 5.88. The van der Waals surface area contributed by atoms with Crippen LogP contribution >= 0.6 is 11.6 Å². The molecule has 0 spiro atoms. The molecule has 0 saturated carbocycles. The first-order valence-electron chi connectivity index (χ1n) is 5.50. The lowest BCUT2D eigenvalue weighted by atomic mass is 10.2. The minimum atomic E-state index is -0.408. The van der Waals surface area contributed by atoms with Gasteiger partial charge in [-0.15, -0.1) is 0 Å². The van der Waals surface area contributed by atoms with E-state index in [1.807, 2.05) is 37.5 Å². The second kappa shape index (κ2) is 5.66. The minimum absolute atomic E-state index is 0.408. The van der Waals surface area contributed by atoms with E-state index in [0.717, 1.165) is 17.9 Å². The molecular weight excluding hydrogens is 226 g/mol. The Hall–Kier alpha value is -0.580. The van der Waals surface area contributed by atoms with Gasteiger partial charge in [0.05, 0.1) is 22.5 Å². The minimum Gasteiger partial charge on any atom is -0.391 e. The number of aliphatic hydroxyl groups is 1. The zero-order valence-corrected chi connectivity index (χ0v) is 11.1. The fourth-order valence-corrected chi connectivity index (χ4v) is 1.99. The average molecular weight is 246 g/mol. The Morgan fingerprint density at radius 2 is 2.12 bits per heavy atom. The molecule has 0 radical (unpaired) electrons. The topological polar surface area (TPSA) is 41.3 Å². The van der Waals surface area contributed by atoms with Gasteiger partial charge in [-0.05, 0) is 27.9 Å². The summed E-state index contributed by atoms with van der Waals surface area (Å²) in [5.74, 6) is 0. The highest BCUT2D eigenvalue weighted by Gasteiger charge is 2.16. The van der Waals surface area contributed by atoms with Crippen molar-refractivity contribution in [2.24, 2.45) is 0 Å². The number of likely N-dealkylation sites (N-methyl/N-ethyl adjacent to an activating group) is 1. The predicted molar refractivity (Wildman–Crippen MR) is 65.9 cm³/mol. The predicted octanol–water partition coefficient (Wildman–Crippen LogP) is 1.33. The molecule has 0 bridgehead atoms. The van der Waals surface area contributed by atoms with Crippen molar-refractivity contribution in [3.8, 4) is 0 Å². The lowest BCUT2D eigenvalue weighted by molar-refractivity contribution is 0.135. The van der Waals surface area contributed by atoms with Crippen molar-refractivity contribution in [1.29, 1.82) is 0 Å². The third-order valence-corrected chi connectivity index (χ3v) is 2.95. The van der Waals surface area contributed by atoms with Gasteiger partial charge in [0.25, 0.3) is 0 Å². The quantitative estimate of drug-likeness (QED) is 0.851. The van der Waals surface area contributed by atoms with E-state index in [0.29, 0.717) is 18.0 Å². The molecule has 0 amide bonds. The summed E-state index contributed by atoms with van der Waals surface area (Å²) >= 11 is 6.17. The van der Waals surface area contributed by atoms with Gasteiger partial charge < -0.3 is 10.0 Å². The molecule has 5 heteroatoms. The molecule has 92 valence electrons. The van der Waals surface area contributed by atoms with Crippen LogP contribution in [0.15, 0.2) is 0 Å². The number of aryl methyl sites for hydroxylation is 2. The van der Waals surface area contributed by atoms with Gasteiger partial charge >= 0.3 is 0 Å². The number of aliphatic hydroxyl groups excluding tert-OH is 1. The summed E-state index contributed by atoms with van der Waals surface area (Å²) in [4.78, 5) is 1.96. The van der Waals surface area contributed by atoms with E-state index < -0.39 is 6.10 Å². The molecule has 0 aliphatic carbocycles. The van der Waals surface area contributed by atoms with Crippen LogP contribution in [0.2, 0.25) is 5.02 Å². The van der Waals surface area contributed by atoms with Crippen LogP contribution in [0.5, 0.6) is 0 Å². The van der Waals surface area contributed by atoms with Crippen molar-refractivity contribution in [3.05, 3.63) is 16.4 Å². The Balaban J connectivity index is 2.79. The number of rotatable bonds is 5. The highest BCUT2D eigenvalue weighted by Crippen LogP contribution is 2.21. The van der Waals surface area contributed by atoms with Crippen molar-refractivity contribution in [3.63, 3.8) is 0 Å². The molecule has 0 aliphatic rings. The van der Waals surface area contributed by atoms with Crippen LogP contribution in [0.4, 0.5) is 0 Å². The fourth-order valence-electron chi connectivity index (χ4n) is 1.77. The van der Waals surface area contributed by atoms with Gasteiger partial charge in [0.15, 0.2) is 0 Å². The Kier molecular flexibility index (Phi) is 4.77. The highest BCUT2D eigenvalue weighted by atomic mass is 35.5. The van der Waals surface area contributed by atoms with Crippen molar-refractivity contribution in [2.45, 2.75) is 32.9 Å². The van der Waals surface area contributed by atoms with Crippen LogP contribution in [-0.4, -0.2) is 46.5 Å². The van der Waals surface area contributed by atoms with Crippen LogP contribution in [0, 0.1) is 6.92 Å². The average Bonchev–Trinajstić information content (AvgIpc) is 2.44. The zero-order chi connectivity index (χ0) is 12.3. The standard InChI is InChI=1S/C11H20ClN3O/c1-5-15-10(11(12)8(2)13-15)6-9(16)7-14(3)4/h9,16H,5-7H2,1-4H3. The summed E-state index contributed by atoms with van der Waals surface area (Å²) < 4.78 is 1.86. The van der Waals surface area contributed by atoms with Gasteiger partial charge in [0, 0.05) is 19.5 Å². The van der Waals surface area contributed by atoms with Gasteiger partial charge in [-0.2, -0.15) is 5.10 Å². The lowest BCUT2D eigenvalue weighted by Gasteiger charge is -2.16. The lowest BCUT2D eigenvalue weighted by Crippen LogP contribution is -2.28. The maximum Gasteiger partial charge on any atom is 0.0848 e. The molecular formula is C11H20ClN3O. The highest BCUT2D eigenvalue weighted by molar-refractivity contribution is 6.31. The van der Waals surface area contributed by atoms with Gasteiger partial charge in [0.2, 0.25) is 0 Å². The monoisotopic (exact) mass is 245 g/mol. The Labute approximate surface area is 102 Å². The van der Waals surface area contributed by atoms with E-state index in [9.17, 15) is 5.11 Å². The Bertz CT molecular complexity index is 349. The normalized spacial score (nSPS) is 13.4. The number of nitrogens with zero attached hydrogens (tertiary/aromatic N) is 3. The van der Waals surface area contributed by atoms with E-state index >= 15 is 0 Å². The van der Waals surface area contributed by atoms with Crippen LogP contribution in [-0.2, 0) is 13.0 Å². The van der Waals surface area contributed by atoms with E-state index in [1.54, 1.807) is 0 Å². The molecule has 4 nitrogen and oxygen atoms in total. The molecule has 1 atom stereocenters. The summed E-state index contributed by atoms with van der Waals surface area (Å²) in [5, 5.41) is 14.9. The maximum atomic E-state index is 9.89. The Morgan fingerprint density at radius 1 is 1.50 bits per heavy atom.